The molecule has 14 heavy (non-hydrogen) atoms. The highest BCUT2D eigenvalue weighted by atomic mass is 16.2. The number of amides is 2. The van der Waals surface area contributed by atoms with Crippen molar-refractivity contribution < 1.29 is 4.79 Å². The van der Waals surface area contributed by atoms with Gasteiger partial charge in [0.15, 0.2) is 0 Å². The number of nitrogens with zero attached hydrogens (tertiary/aromatic N) is 2. The van der Waals surface area contributed by atoms with Crippen LogP contribution in [-0.4, -0.2) is 19.1 Å². The average molecular weight is 187 g/mol. The lowest BCUT2D eigenvalue weighted by atomic mass is 10.2. The quantitative estimate of drug-likeness (QED) is 0.715. The molecular formula is C10H9N3O. The molecule has 1 heterocycles. The van der Waals surface area contributed by atoms with Gasteiger partial charge in [0.05, 0.1) is 11.6 Å². The summed E-state index contributed by atoms with van der Waals surface area (Å²) in [7, 11) is 0. The highest BCUT2D eigenvalue weighted by Gasteiger charge is 2.20. The Kier molecular flexibility index (Phi) is 2.07. The van der Waals surface area contributed by atoms with E-state index in [0.29, 0.717) is 18.7 Å². The Bertz CT molecular complexity index is 391. The molecule has 70 valence electrons. The predicted octanol–water partition coefficient (Wildman–Crippen LogP) is 1.09. The third-order valence-electron chi connectivity index (χ3n) is 2.16. The molecule has 0 unspecified atom stereocenters. The number of hydrogen-bond acceptors (Lipinski definition) is 2. The second-order valence-corrected chi connectivity index (χ2v) is 3.04. The number of hydrogen-bond donors (Lipinski definition) is 1. The molecular weight excluding hydrogens is 178 g/mol. The van der Waals surface area contributed by atoms with Gasteiger partial charge in [0, 0.05) is 18.8 Å². The maximum Gasteiger partial charge on any atom is 0.321 e. The summed E-state index contributed by atoms with van der Waals surface area (Å²) in [6.07, 6.45) is 0. The van der Waals surface area contributed by atoms with Gasteiger partial charge in [-0.15, -0.1) is 0 Å². The summed E-state index contributed by atoms with van der Waals surface area (Å²) in [6.45, 7) is 1.36. The van der Waals surface area contributed by atoms with E-state index in [0.717, 1.165) is 5.69 Å². The van der Waals surface area contributed by atoms with E-state index in [1.807, 2.05) is 6.07 Å². The summed E-state index contributed by atoms with van der Waals surface area (Å²) in [5.41, 5.74) is 1.44. The summed E-state index contributed by atoms with van der Waals surface area (Å²) in [4.78, 5) is 12.9. The highest BCUT2D eigenvalue weighted by Crippen LogP contribution is 2.16. The van der Waals surface area contributed by atoms with E-state index in [9.17, 15) is 4.79 Å². The summed E-state index contributed by atoms with van der Waals surface area (Å²) < 4.78 is 0. The van der Waals surface area contributed by atoms with Gasteiger partial charge in [0.1, 0.15) is 0 Å². The highest BCUT2D eigenvalue weighted by molar-refractivity contribution is 5.94. The first-order valence-corrected chi connectivity index (χ1v) is 4.37. The van der Waals surface area contributed by atoms with Crippen molar-refractivity contribution in [3.05, 3.63) is 29.8 Å². The van der Waals surface area contributed by atoms with Crippen molar-refractivity contribution in [3.63, 3.8) is 0 Å². The van der Waals surface area contributed by atoms with E-state index < -0.39 is 0 Å². The number of rotatable bonds is 1. The molecule has 1 saturated heterocycles. The van der Waals surface area contributed by atoms with Crippen molar-refractivity contribution in [1.82, 2.24) is 5.32 Å². The molecule has 4 nitrogen and oxygen atoms in total. The zero-order valence-corrected chi connectivity index (χ0v) is 7.53. The third-order valence-corrected chi connectivity index (χ3v) is 2.16. The number of nitrogens with one attached hydrogen (secondary N) is 1. The molecule has 0 aromatic heterocycles. The Hall–Kier alpha value is -2.02. The minimum absolute atomic E-state index is 0.0743. The van der Waals surface area contributed by atoms with E-state index in [4.69, 9.17) is 5.26 Å². The smallest absolute Gasteiger partial charge is 0.321 e. The van der Waals surface area contributed by atoms with Crippen LogP contribution in [0.25, 0.3) is 0 Å². The first kappa shape index (κ1) is 8.57. The first-order valence-electron chi connectivity index (χ1n) is 4.37. The Labute approximate surface area is 81.7 Å². The Morgan fingerprint density at radius 3 is 2.57 bits per heavy atom. The molecule has 4 heteroatoms. The SMILES string of the molecule is N#Cc1ccc(N2CCNC2=O)cc1. The minimum Gasteiger partial charge on any atom is -0.336 e. The Morgan fingerprint density at radius 1 is 1.36 bits per heavy atom. The van der Waals surface area contributed by atoms with E-state index >= 15 is 0 Å². The normalized spacial score (nSPS) is 15.1. The van der Waals surface area contributed by atoms with E-state index in [-0.39, 0.29) is 6.03 Å². The second kappa shape index (κ2) is 3.38. The lowest BCUT2D eigenvalue weighted by Gasteiger charge is -2.13. The van der Waals surface area contributed by atoms with Crippen LogP contribution in [0.1, 0.15) is 5.56 Å². The predicted molar refractivity (Wildman–Crippen MR) is 51.9 cm³/mol. The Morgan fingerprint density at radius 2 is 2.07 bits per heavy atom. The van der Waals surface area contributed by atoms with E-state index in [1.54, 1.807) is 29.2 Å². The van der Waals surface area contributed by atoms with Crippen LogP contribution in [0.3, 0.4) is 0 Å². The minimum atomic E-state index is -0.0743. The van der Waals surface area contributed by atoms with Gasteiger partial charge in [0.25, 0.3) is 0 Å². The van der Waals surface area contributed by atoms with Gasteiger partial charge in [0.2, 0.25) is 0 Å². The van der Waals surface area contributed by atoms with Gasteiger partial charge in [-0.1, -0.05) is 0 Å². The number of benzene rings is 1. The molecule has 2 rings (SSSR count). The van der Waals surface area contributed by atoms with Crippen LogP contribution in [0.5, 0.6) is 0 Å². The molecule has 0 radical (unpaired) electrons. The number of anilines is 1. The van der Waals surface area contributed by atoms with Crippen molar-refractivity contribution in [2.24, 2.45) is 0 Å². The number of urea groups is 1. The molecule has 1 aromatic rings. The zero-order chi connectivity index (χ0) is 9.97. The maximum absolute atomic E-state index is 11.3. The van der Waals surface area contributed by atoms with Gasteiger partial charge < -0.3 is 5.32 Å². The summed E-state index contributed by atoms with van der Waals surface area (Å²) in [5, 5.41) is 11.3. The van der Waals surface area contributed by atoms with Crippen molar-refractivity contribution in [3.8, 4) is 6.07 Å². The fourth-order valence-corrected chi connectivity index (χ4v) is 1.43. The zero-order valence-electron chi connectivity index (χ0n) is 7.53. The molecule has 0 spiro atoms. The average Bonchev–Trinajstić information content (AvgIpc) is 2.65. The van der Waals surface area contributed by atoms with E-state index in [2.05, 4.69) is 5.32 Å². The van der Waals surface area contributed by atoms with Crippen molar-refractivity contribution in [1.29, 1.82) is 5.26 Å². The van der Waals surface area contributed by atoms with Crippen LogP contribution in [0.15, 0.2) is 24.3 Å². The molecule has 1 N–H and O–H groups in total. The number of carbonyl (C=O) groups is 1. The molecule has 1 aromatic carbocycles. The van der Waals surface area contributed by atoms with Gasteiger partial charge >= 0.3 is 6.03 Å². The maximum atomic E-state index is 11.3. The molecule has 2 amide bonds. The van der Waals surface area contributed by atoms with Crippen LogP contribution in [0, 0.1) is 11.3 Å². The lowest BCUT2D eigenvalue weighted by Crippen LogP contribution is -2.27. The molecule has 0 bridgehead atoms. The molecule has 0 aliphatic carbocycles. The molecule has 0 saturated carbocycles. The molecule has 1 fully saturated rings. The van der Waals surface area contributed by atoms with Crippen LogP contribution in [0.2, 0.25) is 0 Å². The molecule has 1 aliphatic rings. The summed E-state index contributed by atoms with van der Waals surface area (Å²) in [6, 6.07) is 8.94. The number of nitriles is 1. The van der Waals surface area contributed by atoms with Crippen LogP contribution < -0.4 is 10.2 Å². The largest absolute Gasteiger partial charge is 0.336 e. The van der Waals surface area contributed by atoms with Crippen molar-refractivity contribution >= 4 is 11.7 Å². The summed E-state index contributed by atoms with van der Waals surface area (Å²) in [5.74, 6) is 0. The van der Waals surface area contributed by atoms with Crippen molar-refractivity contribution in [2.75, 3.05) is 18.0 Å². The summed E-state index contributed by atoms with van der Waals surface area (Å²) >= 11 is 0. The van der Waals surface area contributed by atoms with Gasteiger partial charge in [-0.05, 0) is 24.3 Å². The van der Waals surface area contributed by atoms with Gasteiger partial charge in [-0.25, -0.2) is 4.79 Å². The van der Waals surface area contributed by atoms with Crippen LogP contribution in [0.4, 0.5) is 10.5 Å². The van der Waals surface area contributed by atoms with E-state index in [1.165, 1.54) is 0 Å². The first-order chi connectivity index (χ1) is 6.81. The Balaban J connectivity index is 2.25. The molecule has 0 atom stereocenters. The van der Waals surface area contributed by atoms with Crippen LogP contribution in [-0.2, 0) is 0 Å². The standard InChI is InChI=1S/C10H9N3O/c11-7-8-1-3-9(4-2-8)13-6-5-12-10(13)14/h1-4H,5-6H2,(H,12,14). The topological polar surface area (TPSA) is 56.1 Å². The second-order valence-electron chi connectivity index (χ2n) is 3.04. The van der Waals surface area contributed by atoms with Crippen LogP contribution >= 0.6 is 0 Å². The molecule has 1 aliphatic heterocycles. The van der Waals surface area contributed by atoms with Gasteiger partial charge in [-0.2, -0.15) is 5.26 Å². The fourth-order valence-electron chi connectivity index (χ4n) is 1.43. The van der Waals surface area contributed by atoms with Crippen molar-refractivity contribution in [2.45, 2.75) is 0 Å². The fraction of sp³-hybridized carbons (Fsp3) is 0.200. The lowest BCUT2D eigenvalue weighted by molar-refractivity contribution is 0.252. The number of carbonyl (C=O) groups excluding carboxylic acids is 1. The third kappa shape index (κ3) is 1.40. The van der Waals surface area contributed by atoms with Gasteiger partial charge in [-0.3, -0.25) is 4.90 Å². The monoisotopic (exact) mass is 187 g/mol.